The molecule has 0 radical (unpaired) electrons. The van der Waals surface area contributed by atoms with Crippen molar-refractivity contribution in [1.29, 1.82) is 0 Å². The Bertz CT molecular complexity index is 838. The van der Waals surface area contributed by atoms with Crippen LogP contribution in [-0.2, 0) is 6.42 Å². The fraction of sp³-hybridized carbons (Fsp3) is 0.348. The average molecular weight is 400 g/mol. The van der Waals surface area contributed by atoms with E-state index >= 15 is 0 Å². The molecule has 3 rings (SSSR count). The lowest BCUT2D eigenvalue weighted by Gasteiger charge is -2.42. The topological polar surface area (TPSA) is 49.8 Å². The second kappa shape index (κ2) is 9.26. The van der Waals surface area contributed by atoms with Crippen molar-refractivity contribution in [2.75, 3.05) is 26.3 Å². The van der Waals surface area contributed by atoms with E-state index in [2.05, 4.69) is 6.58 Å². The van der Waals surface area contributed by atoms with E-state index in [0.717, 1.165) is 18.4 Å². The van der Waals surface area contributed by atoms with E-state index in [4.69, 9.17) is 16.3 Å². The minimum Gasteiger partial charge on any atom is -0.490 e. The standard InChI is InChI=1S/C23H26ClNO3/c1-2-12-28-21-9-4-7-19(14-21)22(27)25-11-5-10-23(16-25,17-26)15-18-6-3-8-20(24)13-18/h2-4,6-9,13-14,26H,1,5,10-12,15-17H2/t23-/m1/s1. The molecule has 0 saturated carbocycles. The molecule has 4 nitrogen and oxygen atoms in total. The summed E-state index contributed by atoms with van der Waals surface area (Å²) in [5, 5.41) is 10.9. The van der Waals surface area contributed by atoms with Gasteiger partial charge in [0.1, 0.15) is 12.4 Å². The normalized spacial score (nSPS) is 19.3. The van der Waals surface area contributed by atoms with Crippen molar-refractivity contribution in [2.24, 2.45) is 5.41 Å². The molecule has 5 heteroatoms. The van der Waals surface area contributed by atoms with Crippen LogP contribution >= 0.6 is 11.6 Å². The average Bonchev–Trinajstić information content (AvgIpc) is 2.72. The molecule has 0 unspecified atom stereocenters. The van der Waals surface area contributed by atoms with Gasteiger partial charge in [-0.3, -0.25) is 4.79 Å². The molecule has 0 aromatic heterocycles. The molecule has 2 aromatic carbocycles. The molecule has 28 heavy (non-hydrogen) atoms. The molecule has 1 heterocycles. The lowest BCUT2D eigenvalue weighted by atomic mass is 9.75. The smallest absolute Gasteiger partial charge is 0.254 e. The predicted octanol–water partition coefficient (Wildman–Crippen LogP) is 4.36. The summed E-state index contributed by atoms with van der Waals surface area (Å²) in [6, 6.07) is 14.9. The first kappa shape index (κ1) is 20.4. The van der Waals surface area contributed by atoms with E-state index < -0.39 is 0 Å². The molecule has 0 bridgehead atoms. The van der Waals surface area contributed by atoms with Crippen LogP contribution in [0.2, 0.25) is 5.02 Å². The van der Waals surface area contributed by atoms with Gasteiger partial charge in [0.25, 0.3) is 5.91 Å². The van der Waals surface area contributed by atoms with Crippen LogP contribution in [0, 0.1) is 5.41 Å². The molecule has 1 aliphatic heterocycles. The van der Waals surface area contributed by atoms with Gasteiger partial charge in [0.05, 0.1) is 6.61 Å². The van der Waals surface area contributed by atoms with Gasteiger partial charge in [0, 0.05) is 29.1 Å². The molecular weight excluding hydrogens is 374 g/mol. The third kappa shape index (κ3) is 4.94. The lowest BCUT2D eigenvalue weighted by Crippen LogP contribution is -2.49. The quantitative estimate of drug-likeness (QED) is 0.703. The number of amides is 1. The summed E-state index contributed by atoms with van der Waals surface area (Å²) in [7, 11) is 0. The van der Waals surface area contributed by atoms with Crippen LogP contribution in [0.4, 0.5) is 0 Å². The number of ether oxygens (including phenoxy) is 1. The van der Waals surface area contributed by atoms with Gasteiger partial charge >= 0.3 is 0 Å². The molecule has 1 aliphatic rings. The lowest BCUT2D eigenvalue weighted by molar-refractivity contribution is 0.0271. The number of aliphatic hydroxyl groups is 1. The summed E-state index contributed by atoms with van der Waals surface area (Å²) in [5.41, 5.74) is 1.32. The van der Waals surface area contributed by atoms with Gasteiger partial charge in [-0.2, -0.15) is 0 Å². The molecule has 2 aromatic rings. The molecule has 1 saturated heterocycles. The highest BCUT2D eigenvalue weighted by atomic mass is 35.5. The minimum atomic E-state index is -0.352. The number of likely N-dealkylation sites (tertiary alicyclic amines) is 1. The molecule has 1 amide bonds. The molecule has 148 valence electrons. The number of piperidine rings is 1. The van der Waals surface area contributed by atoms with Crippen molar-refractivity contribution in [3.63, 3.8) is 0 Å². The van der Waals surface area contributed by atoms with Crippen LogP contribution in [0.25, 0.3) is 0 Å². The number of halogens is 1. The van der Waals surface area contributed by atoms with Crippen molar-refractivity contribution in [1.82, 2.24) is 4.90 Å². The van der Waals surface area contributed by atoms with Gasteiger partial charge in [0.15, 0.2) is 0 Å². The number of carbonyl (C=O) groups is 1. The number of rotatable bonds is 7. The van der Waals surface area contributed by atoms with Crippen molar-refractivity contribution in [2.45, 2.75) is 19.3 Å². The molecular formula is C23H26ClNO3. The summed E-state index contributed by atoms with van der Waals surface area (Å²) >= 11 is 6.12. The SMILES string of the molecule is C=CCOc1cccc(C(=O)N2CCC[C@@](CO)(Cc3cccc(Cl)c3)C2)c1. The number of nitrogens with zero attached hydrogens (tertiary/aromatic N) is 1. The van der Waals surface area contributed by atoms with E-state index in [1.165, 1.54) is 0 Å². The molecule has 1 atom stereocenters. The number of hydrogen-bond donors (Lipinski definition) is 1. The summed E-state index contributed by atoms with van der Waals surface area (Å²) in [6.07, 6.45) is 4.10. The van der Waals surface area contributed by atoms with E-state index in [1.807, 2.05) is 41.3 Å². The number of carbonyl (C=O) groups excluding carboxylic acids is 1. The Balaban J connectivity index is 1.75. The maximum Gasteiger partial charge on any atom is 0.254 e. The molecule has 0 aliphatic carbocycles. The minimum absolute atomic E-state index is 0.0335. The van der Waals surface area contributed by atoms with Crippen molar-refractivity contribution in [3.05, 3.63) is 77.3 Å². The number of aliphatic hydroxyl groups excluding tert-OH is 1. The number of benzene rings is 2. The Morgan fingerprint density at radius 3 is 2.86 bits per heavy atom. The largest absolute Gasteiger partial charge is 0.490 e. The summed E-state index contributed by atoms with van der Waals surface area (Å²) in [5.74, 6) is 0.614. The Morgan fingerprint density at radius 2 is 2.11 bits per heavy atom. The maximum atomic E-state index is 13.1. The van der Waals surface area contributed by atoms with Gasteiger partial charge in [-0.25, -0.2) is 0 Å². The van der Waals surface area contributed by atoms with Crippen molar-refractivity contribution < 1.29 is 14.6 Å². The van der Waals surface area contributed by atoms with Gasteiger partial charge < -0.3 is 14.7 Å². The fourth-order valence-corrected chi connectivity index (χ4v) is 4.06. The third-order valence-corrected chi connectivity index (χ3v) is 5.44. The highest BCUT2D eigenvalue weighted by Gasteiger charge is 2.37. The zero-order chi connectivity index (χ0) is 20.0. The Kier molecular flexibility index (Phi) is 6.76. The van der Waals surface area contributed by atoms with Crippen LogP contribution in [0.3, 0.4) is 0 Å². The maximum absolute atomic E-state index is 13.1. The van der Waals surface area contributed by atoms with Crippen molar-refractivity contribution >= 4 is 17.5 Å². The Labute approximate surface area is 171 Å². The first-order valence-electron chi connectivity index (χ1n) is 9.54. The third-order valence-electron chi connectivity index (χ3n) is 5.20. The second-order valence-electron chi connectivity index (χ2n) is 7.42. The van der Waals surface area contributed by atoms with Gasteiger partial charge in [-0.15, -0.1) is 0 Å². The highest BCUT2D eigenvalue weighted by molar-refractivity contribution is 6.30. The monoisotopic (exact) mass is 399 g/mol. The fourth-order valence-electron chi connectivity index (χ4n) is 3.85. The summed E-state index contributed by atoms with van der Waals surface area (Å²) < 4.78 is 5.54. The Hall–Kier alpha value is -2.30. The first-order chi connectivity index (χ1) is 13.5. The summed E-state index contributed by atoms with van der Waals surface area (Å²) in [6.45, 7) is 5.28. The predicted molar refractivity (Wildman–Crippen MR) is 112 cm³/mol. The van der Waals surface area contributed by atoms with E-state index in [9.17, 15) is 9.90 Å². The van der Waals surface area contributed by atoms with Crippen LogP contribution in [0.1, 0.15) is 28.8 Å². The summed E-state index contributed by atoms with van der Waals surface area (Å²) in [4.78, 5) is 14.9. The highest BCUT2D eigenvalue weighted by Crippen LogP contribution is 2.34. The molecule has 1 fully saturated rings. The van der Waals surface area contributed by atoms with Gasteiger partial charge in [0.2, 0.25) is 0 Å². The molecule has 1 N–H and O–H groups in total. The number of hydrogen-bond acceptors (Lipinski definition) is 3. The van der Waals surface area contributed by atoms with Crippen LogP contribution in [0.5, 0.6) is 5.75 Å². The van der Waals surface area contributed by atoms with Crippen LogP contribution < -0.4 is 4.74 Å². The van der Waals surface area contributed by atoms with Crippen LogP contribution in [0.15, 0.2) is 61.2 Å². The second-order valence-corrected chi connectivity index (χ2v) is 7.86. The van der Waals surface area contributed by atoms with Crippen LogP contribution in [-0.4, -0.2) is 42.2 Å². The Morgan fingerprint density at radius 1 is 1.29 bits per heavy atom. The first-order valence-corrected chi connectivity index (χ1v) is 9.91. The molecule has 0 spiro atoms. The zero-order valence-corrected chi connectivity index (χ0v) is 16.7. The van der Waals surface area contributed by atoms with E-state index in [-0.39, 0.29) is 17.9 Å². The van der Waals surface area contributed by atoms with Gasteiger partial charge in [-0.05, 0) is 55.2 Å². The zero-order valence-electron chi connectivity index (χ0n) is 15.9. The van der Waals surface area contributed by atoms with E-state index in [0.29, 0.717) is 42.5 Å². The van der Waals surface area contributed by atoms with E-state index in [1.54, 1.807) is 18.2 Å². The van der Waals surface area contributed by atoms with Crippen molar-refractivity contribution in [3.8, 4) is 5.75 Å². The van der Waals surface area contributed by atoms with Gasteiger partial charge in [-0.1, -0.05) is 42.5 Å².